The van der Waals surface area contributed by atoms with Gasteiger partial charge < -0.3 is 5.73 Å². The van der Waals surface area contributed by atoms with Gasteiger partial charge in [0.05, 0.1) is 0 Å². The predicted molar refractivity (Wildman–Crippen MR) is 69.5 cm³/mol. The smallest absolute Gasteiger partial charge is 0.163 e. The van der Waals surface area contributed by atoms with Crippen molar-refractivity contribution in [2.75, 3.05) is 0 Å². The fourth-order valence-electron chi connectivity index (χ4n) is 1.32. The molecule has 0 bridgehead atoms. The molecule has 0 saturated heterocycles. The van der Waals surface area contributed by atoms with Crippen LogP contribution in [0.3, 0.4) is 0 Å². The van der Waals surface area contributed by atoms with Crippen molar-refractivity contribution in [3.63, 3.8) is 0 Å². The Morgan fingerprint density at radius 3 is 2.06 bits per heavy atom. The molecule has 2 heteroatoms. The van der Waals surface area contributed by atoms with Crippen molar-refractivity contribution in [1.29, 1.82) is 0 Å². The number of carbonyl (C=O) groups is 1. The van der Waals surface area contributed by atoms with Crippen molar-refractivity contribution in [1.82, 2.24) is 0 Å². The highest BCUT2D eigenvalue weighted by Gasteiger charge is 2.07. The Bertz CT molecular complexity index is 301. The van der Waals surface area contributed by atoms with Crippen LogP contribution in [0, 0.1) is 5.92 Å². The van der Waals surface area contributed by atoms with Gasteiger partial charge in [-0.05, 0) is 11.5 Å². The summed E-state index contributed by atoms with van der Waals surface area (Å²) in [5.74, 6) is 0.625. The van der Waals surface area contributed by atoms with E-state index < -0.39 is 0 Å². The van der Waals surface area contributed by atoms with Crippen LogP contribution in [-0.2, 0) is 6.54 Å². The maximum absolute atomic E-state index is 11.6. The Hall–Kier alpha value is -1.15. The first kappa shape index (κ1) is 14.8. The number of carbonyl (C=O) groups excluding carboxylic acids is 1. The Balaban J connectivity index is 0.00000106. The molecule has 2 nitrogen and oxygen atoms in total. The summed E-state index contributed by atoms with van der Waals surface area (Å²) in [4.78, 5) is 11.6. The zero-order valence-corrected chi connectivity index (χ0v) is 10.8. The van der Waals surface area contributed by atoms with Gasteiger partial charge in [0, 0.05) is 18.5 Å². The highest BCUT2D eigenvalue weighted by atomic mass is 16.1. The lowest BCUT2D eigenvalue weighted by Crippen LogP contribution is -2.04. The predicted octanol–water partition coefficient (Wildman–Crippen LogP) is 3.40. The van der Waals surface area contributed by atoms with E-state index in [0.29, 0.717) is 18.9 Å². The van der Waals surface area contributed by atoms with Crippen molar-refractivity contribution in [2.24, 2.45) is 11.7 Å². The van der Waals surface area contributed by atoms with E-state index in [-0.39, 0.29) is 5.78 Å². The Morgan fingerprint density at radius 1 is 1.19 bits per heavy atom. The van der Waals surface area contributed by atoms with E-state index in [1.165, 1.54) is 0 Å². The fourth-order valence-corrected chi connectivity index (χ4v) is 1.32. The highest BCUT2D eigenvalue weighted by Crippen LogP contribution is 2.10. The molecule has 1 rings (SSSR count). The van der Waals surface area contributed by atoms with E-state index in [4.69, 9.17) is 5.73 Å². The zero-order valence-electron chi connectivity index (χ0n) is 10.8. The largest absolute Gasteiger partial charge is 0.326 e. The highest BCUT2D eigenvalue weighted by molar-refractivity contribution is 5.96. The van der Waals surface area contributed by atoms with Gasteiger partial charge >= 0.3 is 0 Å². The molecule has 1 aromatic rings. The first-order valence-corrected chi connectivity index (χ1v) is 5.95. The molecule has 0 radical (unpaired) electrons. The Kier molecular flexibility index (Phi) is 7.48. The third-order valence-corrected chi connectivity index (χ3v) is 2.11. The molecule has 2 N–H and O–H groups in total. The van der Waals surface area contributed by atoms with Crippen LogP contribution in [0.25, 0.3) is 0 Å². The number of ketones is 1. The summed E-state index contributed by atoms with van der Waals surface area (Å²) in [7, 11) is 0. The molecule has 90 valence electrons. The summed E-state index contributed by atoms with van der Waals surface area (Å²) in [6.07, 6.45) is 0.613. The molecule has 0 atom stereocenters. The number of hydrogen-bond acceptors (Lipinski definition) is 2. The minimum atomic E-state index is 0.212. The van der Waals surface area contributed by atoms with Gasteiger partial charge in [-0.25, -0.2) is 0 Å². The quantitative estimate of drug-likeness (QED) is 0.792. The minimum Gasteiger partial charge on any atom is -0.326 e. The lowest BCUT2D eigenvalue weighted by molar-refractivity contribution is 0.0968. The van der Waals surface area contributed by atoms with Gasteiger partial charge in [-0.2, -0.15) is 0 Å². The molecular weight excluding hydrogens is 198 g/mol. The maximum Gasteiger partial charge on any atom is 0.163 e. The summed E-state index contributed by atoms with van der Waals surface area (Å²) in [6.45, 7) is 8.62. The molecule has 0 heterocycles. The summed E-state index contributed by atoms with van der Waals surface area (Å²) in [5, 5.41) is 0. The number of nitrogens with two attached hydrogens (primary N) is 1. The lowest BCUT2D eigenvalue weighted by Gasteiger charge is -2.04. The average molecular weight is 221 g/mol. The van der Waals surface area contributed by atoms with Crippen molar-refractivity contribution < 1.29 is 4.79 Å². The fraction of sp³-hybridized carbons (Fsp3) is 0.500. The topological polar surface area (TPSA) is 43.1 Å². The number of hydrogen-bond donors (Lipinski definition) is 1. The van der Waals surface area contributed by atoms with Crippen LogP contribution in [0.1, 0.15) is 50.0 Å². The maximum atomic E-state index is 11.6. The van der Waals surface area contributed by atoms with E-state index in [0.717, 1.165) is 11.1 Å². The molecule has 0 aliphatic carbocycles. The Labute approximate surface area is 98.9 Å². The molecule has 0 aliphatic rings. The SMILES string of the molecule is CC.CC(C)CC(=O)c1ccc(CN)cc1. The normalized spacial score (nSPS) is 9.62. The standard InChI is InChI=1S/C12H17NO.C2H6/c1-9(2)7-12(14)11-5-3-10(8-13)4-6-11;1-2/h3-6,9H,7-8,13H2,1-2H3;1-2H3. The van der Waals surface area contributed by atoms with E-state index >= 15 is 0 Å². The second kappa shape index (κ2) is 8.05. The molecular formula is C14H23NO. The van der Waals surface area contributed by atoms with Gasteiger partial charge in [0.15, 0.2) is 5.78 Å². The third kappa shape index (κ3) is 5.08. The zero-order chi connectivity index (χ0) is 12.6. The first-order chi connectivity index (χ1) is 7.63. The number of Topliss-reactive ketones (excluding diaryl/α,β-unsaturated/α-hetero) is 1. The number of rotatable bonds is 4. The van der Waals surface area contributed by atoms with Gasteiger partial charge in [-0.1, -0.05) is 52.0 Å². The van der Waals surface area contributed by atoms with Gasteiger partial charge in [-0.3, -0.25) is 4.79 Å². The summed E-state index contributed by atoms with van der Waals surface area (Å²) >= 11 is 0. The minimum absolute atomic E-state index is 0.212. The van der Waals surface area contributed by atoms with Gasteiger partial charge in [-0.15, -0.1) is 0 Å². The summed E-state index contributed by atoms with van der Waals surface area (Å²) in [6, 6.07) is 7.53. The van der Waals surface area contributed by atoms with Crippen molar-refractivity contribution >= 4 is 5.78 Å². The van der Waals surface area contributed by atoms with Gasteiger partial charge in [0.1, 0.15) is 0 Å². The van der Waals surface area contributed by atoms with Crippen LogP contribution in [-0.4, -0.2) is 5.78 Å². The average Bonchev–Trinajstić information content (AvgIpc) is 2.31. The van der Waals surface area contributed by atoms with Crippen LogP contribution in [0.4, 0.5) is 0 Å². The third-order valence-electron chi connectivity index (χ3n) is 2.11. The van der Waals surface area contributed by atoms with Crippen LogP contribution >= 0.6 is 0 Å². The molecule has 16 heavy (non-hydrogen) atoms. The molecule has 0 aliphatic heterocycles. The van der Waals surface area contributed by atoms with Crippen molar-refractivity contribution in [3.8, 4) is 0 Å². The van der Waals surface area contributed by atoms with E-state index in [1.807, 2.05) is 52.0 Å². The van der Waals surface area contributed by atoms with Crippen LogP contribution in [0.15, 0.2) is 24.3 Å². The lowest BCUT2D eigenvalue weighted by atomic mass is 10.0. The molecule has 1 aromatic carbocycles. The van der Waals surface area contributed by atoms with E-state index in [9.17, 15) is 4.79 Å². The van der Waals surface area contributed by atoms with E-state index in [2.05, 4.69) is 0 Å². The second-order valence-electron chi connectivity index (χ2n) is 3.92. The number of benzene rings is 1. The molecule has 0 unspecified atom stereocenters. The van der Waals surface area contributed by atoms with Crippen LogP contribution in [0.2, 0.25) is 0 Å². The second-order valence-corrected chi connectivity index (χ2v) is 3.92. The van der Waals surface area contributed by atoms with Crippen molar-refractivity contribution in [2.45, 2.75) is 40.7 Å². The van der Waals surface area contributed by atoms with Crippen LogP contribution < -0.4 is 5.73 Å². The van der Waals surface area contributed by atoms with Crippen LogP contribution in [0.5, 0.6) is 0 Å². The van der Waals surface area contributed by atoms with Gasteiger partial charge in [0.2, 0.25) is 0 Å². The molecule has 0 fully saturated rings. The molecule has 0 saturated carbocycles. The van der Waals surface area contributed by atoms with Gasteiger partial charge in [0.25, 0.3) is 0 Å². The van der Waals surface area contributed by atoms with E-state index in [1.54, 1.807) is 0 Å². The summed E-state index contributed by atoms with van der Waals surface area (Å²) < 4.78 is 0. The molecule has 0 aromatic heterocycles. The van der Waals surface area contributed by atoms with Crippen molar-refractivity contribution in [3.05, 3.63) is 35.4 Å². The Morgan fingerprint density at radius 2 is 1.69 bits per heavy atom. The summed E-state index contributed by atoms with van der Waals surface area (Å²) in [5.41, 5.74) is 7.32. The first-order valence-electron chi connectivity index (χ1n) is 5.95. The molecule has 0 amide bonds. The molecule has 0 spiro atoms. The monoisotopic (exact) mass is 221 g/mol.